The molecule has 0 aromatic heterocycles. The van der Waals surface area contributed by atoms with Crippen molar-refractivity contribution in [2.75, 3.05) is 19.8 Å². The molecule has 0 spiro atoms. The Balaban J connectivity index is 2.76. The molecule has 1 aliphatic carbocycles. The highest BCUT2D eigenvalue weighted by Gasteiger charge is 2.42. The molecule has 0 aromatic rings. The van der Waals surface area contributed by atoms with Gasteiger partial charge in [0.05, 0.1) is 6.10 Å². The summed E-state index contributed by atoms with van der Waals surface area (Å²) in [5.74, 6) is 0.594. The zero-order chi connectivity index (χ0) is 19.7. The van der Waals surface area contributed by atoms with Gasteiger partial charge in [0.1, 0.15) is 0 Å². The summed E-state index contributed by atoms with van der Waals surface area (Å²) in [6, 6.07) is 2.00. The minimum atomic E-state index is -2.57. The lowest BCUT2D eigenvalue weighted by molar-refractivity contribution is -0.0266. The highest BCUT2D eigenvalue weighted by atomic mass is 28.4. The summed E-state index contributed by atoms with van der Waals surface area (Å²) in [7, 11) is -2.57. The first-order valence-corrected chi connectivity index (χ1v) is 12.6. The Morgan fingerprint density at radius 3 is 1.85 bits per heavy atom. The quantitative estimate of drug-likeness (QED) is 0.510. The molecule has 1 N–H and O–H groups in total. The van der Waals surface area contributed by atoms with Crippen LogP contribution in [0, 0.1) is 5.92 Å². The van der Waals surface area contributed by atoms with E-state index >= 15 is 0 Å². The number of aliphatic hydroxyl groups excluding tert-OH is 1. The fraction of sp³-hybridized carbons (Fsp3) is 1.00. The van der Waals surface area contributed by atoms with E-state index in [9.17, 15) is 5.11 Å². The van der Waals surface area contributed by atoms with Crippen LogP contribution in [0.5, 0.6) is 0 Å². The van der Waals surface area contributed by atoms with Crippen LogP contribution in [0.2, 0.25) is 6.04 Å². The Labute approximate surface area is 162 Å². The number of hydrogen-bond acceptors (Lipinski definition) is 5. The molecule has 5 nitrogen and oxygen atoms in total. The van der Waals surface area contributed by atoms with Gasteiger partial charge in [-0.15, -0.1) is 0 Å². The van der Waals surface area contributed by atoms with E-state index in [0.717, 1.165) is 31.7 Å². The molecule has 0 aromatic carbocycles. The van der Waals surface area contributed by atoms with Crippen LogP contribution in [-0.4, -0.2) is 62.9 Å². The fourth-order valence-electron chi connectivity index (χ4n) is 4.54. The van der Waals surface area contributed by atoms with Gasteiger partial charge in [-0.25, -0.2) is 0 Å². The molecule has 3 unspecified atom stereocenters. The summed E-state index contributed by atoms with van der Waals surface area (Å²) >= 11 is 0. The van der Waals surface area contributed by atoms with Gasteiger partial charge >= 0.3 is 8.80 Å². The average molecular weight is 390 g/mol. The third-order valence-electron chi connectivity index (χ3n) is 5.42. The molecule has 0 amide bonds. The highest BCUT2D eigenvalue weighted by molar-refractivity contribution is 6.60. The molecule has 26 heavy (non-hydrogen) atoms. The largest absolute Gasteiger partial charge is 0.500 e. The van der Waals surface area contributed by atoms with Gasteiger partial charge < -0.3 is 18.4 Å². The number of rotatable bonds is 12. The van der Waals surface area contributed by atoms with Crippen molar-refractivity contribution >= 4 is 8.80 Å². The van der Waals surface area contributed by atoms with E-state index in [2.05, 4.69) is 32.6 Å². The van der Waals surface area contributed by atoms with Gasteiger partial charge in [-0.3, -0.25) is 4.90 Å². The van der Waals surface area contributed by atoms with Crippen molar-refractivity contribution in [2.45, 2.75) is 104 Å². The van der Waals surface area contributed by atoms with Gasteiger partial charge in [-0.05, 0) is 80.1 Å². The van der Waals surface area contributed by atoms with Crippen molar-refractivity contribution in [3.05, 3.63) is 0 Å². The Hall–Kier alpha value is 0.0169. The van der Waals surface area contributed by atoms with Crippen molar-refractivity contribution in [3.8, 4) is 0 Å². The second-order valence-electron chi connectivity index (χ2n) is 7.97. The molecule has 0 heterocycles. The smallest absolute Gasteiger partial charge is 0.391 e. The Morgan fingerprint density at radius 2 is 1.42 bits per heavy atom. The summed E-state index contributed by atoms with van der Waals surface area (Å²) in [5.41, 5.74) is 0. The zero-order valence-electron chi connectivity index (χ0n) is 18.2. The molecule has 1 rings (SSSR count). The molecule has 0 radical (unpaired) electrons. The fourth-order valence-corrected chi connectivity index (χ4v) is 7.31. The number of aliphatic hydroxyl groups is 1. The molecule has 1 saturated carbocycles. The molecule has 0 saturated heterocycles. The molecule has 0 aliphatic heterocycles. The molecule has 3 atom stereocenters. The average Bonchev–Trinajstić information content (AvgIpc) is 2.55. The first-order valence-electron chi connectivity index (χ1n) is 10.7. The Morgan fingerprint density at radius 1 is 0.923 bits per heavy atom. The SMILES string of the molecule is CCO[Si](CCC1CCC(O)C(N(C(C)C)C(C)C)C1)(OCC)OCC. The summed E-state index contributed by atoms with van der Waals surface area (Å²) < 4.78 is 18.0. The van der Waals surface area contributed by atoms with E-state index in [-0.39, 0.29) is 12.1 Å². The topological polar surface area (TPSA) is 51.2 Å². The molecule has 0 bridgehead atoms. The minimum Gasteiger partial charge on any atom is -0.391 e. The lowest BCUT2D eigenvalue weighted by atomic mass is 9.81. The number of hydrogen-bond donors (Lipinski definition) is 1. The van der Waals surface area contributed by atoms with E-state index in [1.807, 2.05) is 20.8 Å². The summed E-state index contributed by atoms with van der Waals surface area (Å²) in [4.78, 5) is 2.48. The Bertz CT molecular complexity index is 356. The molecule has 1 aliphatic rings. The van der Waals surface area contributed by atoms with Gasteiger partial charge in [-0.2, -0.15) is 0 Å². The van der Waals surface area contributed by atoms with Crippen molar-refractivity contribution in [2.24, 2.45) is 5.92 Å². The molecule has 1 fully saturated rings. The van der Waals surface area contributed by atoms with Gasteiger partial charge in [0.25, 0.3) is 0 Å². The Kier molecular flexibility index (Phi) is 10.9. The van der Waals surface area contributed by atoms with Gasteiger partial charge in [0.2, 0.25) is 0 Å². The normalized spacial score (nSPS) is 24.8. The third-order valence-corrected chi connectivity index (χ3v) is 8.50. The summed E-state index contributed by atoms with van der Waals surface area (Å²) in [6.45, 7) is 16.8. The van der Waals surface area contributed by atoms with Crippen LogP contribution >= 0.6 is 0 Å². The molecular weight excluding hydrogens is 346 g/mol. The van der Waals surface area contributed by atoms with Crippen LogP contribution in [0.15, 0.2) is 0 Å². The van der Waals surface area contributed by atoms with Crippen LogP contribution in [0.25, 0.3) is 0 Å². The van der Waals surface area contributed by atoms with Crippen molar-refractivity contribution in [1.29, 1.82) is 0 Å². The van der Waals surface area contributed by atoms with Crippen molar-refractivity contribution < 1.29 is 18.4 Å². The first kappa shape index (κ1) is 24.1. The van der Waals surface area contributed by atoms with E-state index in [1.165, 1.54) is 0 Å². The molecular formula is C20H43NO4Si. The lowest BCUT2D eigenvalue weighted by Crippen LogP contribution is -2.53. The van der Waals surface area contributed by atoms with E-state index in [0.29, 0.717) is 37.8 Å². The molecule has 6 heteroatoms. The highest BCUT2D eigenvalue weighted by Crippen LogP contribution is 2.35. The standard InChI is InChI=1S/C20H43NO4Si/c1-8-23-26(24-9-2,25-10-3)14-13-18-11-12-20(22)19(15-18)21(16(4)5)17(6)7/h16-20,22H,8-15H2,1-7H3. The van der Waals surface area contributed by atoms with Crippen LogP contribution in [-0.2, 0) is 13.3 Å². The number of nitrogens with zero attached hydrogens (tertiary/aromatic N) is 1. The third kappa shape index (κ3) is 6.88. The van der Waals surface area contributed by atoms with E-state index in [4.69, 9.17) is 13.3 Å². The van der Waals surface area contributed by atoms with Crippen LogP contribution < -0.4 is 0 Å². The zero-order valence-corrected chi connectivity index (χ0v) is 19.2. The predicted octanol–water partition coefficient (Wildman–Crippen LogP) is 4.07. The minimum absolute atomic E-state index is 0.219. The van der Waals surface area contributed by atoms with Crippen LogP contribution in [0.1, 0.15) is 74.1 Å². The van der Waals surface area contributed by atoms with Crippen LogP contribution in [0.4, 0.5) is 0 Å². The van der Waals surface area contributed by atoms with Gasteiger partial charge in [0.15, 0.2) is 0 Å². The van der Waals surface area contributed by atoms with Crippen LogP contribution in [0.3, 0.4) is 0 Å². The van der Waals surface area contributed by atoms with E-state index in [1.54, 1.807) is 0 Å². The maximum atomic E-state index is 10.6. The summed E-state index contributed by atoms with van der Waals surface area (Å²) in [6.07, 6.45) is 3.85. The lowest BCUT2D eigenvalue weighted by Gasteiger charge is -2.45. The summed E-state index contributed by atoms with van der Waals surface area (Å²) in [5, 5.41) is 10.6. The second-order valence-corrected chi connectivity index (χ2v) is 10.7. The predicted molar refractivity (Wildman–Crippen MR) is 109 cm³/mol. The maximum Gasteiger partial charge on any atom is 0.500 e. The van der Waals surface area contributed by atoms with Gasteiger partial charge in [-0.1, -0.05) is 0 Å². The van der Waals surface area contributed by atoms with Crippen molar-refractivity contribution in [3.63, 3.8) is 0 Å². The monoisotopic (exact) mass is 389 g/mol. The second kappa shape index (κ2) is 11.8. The maximum absolute atomic E-state index is 10.6. The first-order chi connectivity index (χ1) is 12.3. The molecule has 156 valence electrons. The van der Waals surface area contributed by atoms with E-state index < -0.39 is 8.80 Å². The van der Waals surface area contributed by atoms with Crippen molar-refractivity contribution in [1.82, 2.24) is 4.90 Å². The van der Waals surface area contributed by atoms with Gasteiger partial charge in [0, 0.05) is 44.0 Å².